The molecular weight excluding hydrogens is 368 g/mol. The molecule has 142 valence electrons. The molecule has 1 saturated carbocycles. The highest BCUT2D eigenvalue weighted by Gasteiger charge is 2.43. The van der Waals surface area contributed by atoms with Gasteiger partial charge >= 0.3 is 0 Å². The van der Waals surface area contributed by atoms with Gasteiger partial charge in [-0.05, 0) is 37.0 Å². The first-order valence-corrected chi connectivity index (χ1v) is 9.41. The largest absolute Gasteiger partial charge is 0.497 e. The van der Waals surface area contributed by atoms with Crippen LogP contribution in [0, 0.1) is 10.1 Å². The lowest BCUT2D eigenvalue weighted by atomic mass is 9.99. The number of benzene rings is 1. The van der Waals surface area contributed by atoms with Gasteiger partial charge in [0.1, 0.15) is 17.8 Å². The predicted molar refractivity (Wildman–Crippen MR) is 103 cm³/mol. The van der Waals surface area contributed by atoms with Crippen molar-refractivity contribution >= 4 is 23.1 Å². The van der Waals surface area contributed by atoms with Crippen molar-refractivity contribution < 1.29 is 9.66 Å². The van der Waals surface area contributed by atoms with E-state index < -0.39 is 4.92 Å². The first-order chi connectivity index (χ1) is 13.1. The molecule has 2 aromatic rings. The quantitative estimate of drug-likeness (QED) is 0.594. The van der Waals surface area contributed by atoms with Gasteiger partial charge in [-0.25, -0.2) is 4.98 Å². The molecule has 2 atom stereocenters. The number of aromatic nitrogens is 1. The van der Waals surface area contributed by atoms with Crippen molar-refractivity contribution in [2.75, 3.05) is 19.0 Å². The molecule has 1 aromatic carbocycles. The van der Waals surface area contributed by atoms with E-state index in [4.69, 9.17) is 16.3 Å². The SMILES string of the molecule is COc1cccc(C2C(Nc3ncc([N+](=O)[O-])cc3Cl)CCN2C2CC2)c1. The number of ether oxygens (including phenoxy) is 1. The number of pyridine rings is 1. The second-order valence-electron chi connectivity index (χ2n) is 7.01. The second-order valence-corrected chi connectivity index (χ2v) is 7.42. The smallest absolute Gasteiger partial charge is 0.289 e. The van der Waals surface area contributed by atoms with E-state index >= 15 is 0 Å². The van der Waals surface area contributed by atoms with Gasteiger partial charge < -0.3 is 10.1 Å². The Morgan fingerprint density at radius 3 is 2.81 bits per heavy atom. The Morgan fingerprint density at radius 2 is 2.15 bits per heavy atom. The number of hydrogen-bond donors (Lipinski definition) is 1. The van der Waals surface area contributed by atoms with Crippen LogP contribution < -0.4 is 10.1 Å². The van der Waals surface area contributed by atoms with E-state index in [0.29, 0.717) is 11.9 Å². The first kappa shape index (κ1) is 18.0. The van der Waals surface area contributed by atoms with Crippen LogP contribution in [0.15, 0.2) is 36.5 Å². The number of nitro groups is 1. The molecule has 0 bridgehead atoms. The zero-order valence-electron chi connectivity index (χ0n) is 15.0. The lowest BCUT2D eigenvalue weighted by molar-refractivity contribution is -0.385. The van der Waals surface area contributed by atoms with E-state index in [1.165, 1.54) is 30.7 Å². The molecule has 8 heteroatoms. The van der Waals surface area contributed by atoms with E-state index in [0.717, 1.165) is 18.7 Å². The summed E-state index contributed by atoms with van der Waals surface area (Å²) in [6.45, 7) is 0.995. The highest BCUT2D eigenvalue weighted by molar-refractivity contribution is 6.33. The summed E-state index contributed by atoms with van der Waals surface area (Å²) in [4.78, 5) is 17.1. The molecule has 0 radical (unpaired) electrons. The first-order valence-electron chi connectivity index (χ1n) is 9.03. The molecule has 1 aliphatic heterocycles. The number of nitrogens with zero attached hydrogens (tertiary/aromatic N) is 3. The molecule has 2 fully saturated rings. The monoisotopic (exact) mass is 388 g/mol. The van der Waals surface area contributed by atoms with Crippen molar-refractivity contribution in [3.05, 3.63) is 57.2 Å². The number of hydrogen-bond acceptors (Lipinski definition) is 6. The van der Waals surface area contributed by atoms with Crippen LogP contribution in [-0.4, -0.2) is 40.5 Å². The number of likely N-dealkylation sites (tertiary alicyclic amines) is 1. The normalized spacial score (nSPS) is 22.6. The Kier molecular flexibility index (Phi) is 4.88. The average molecular weight is 389 g/mol. The fourth-order valence-corrected chi connectivity index (χ4v) is 4.06. The van der Waals surface area contributed by atoms with Crippen molar-refractivity contribution in [3.8, 4) is 5.75 Å². The predicted octanol–water partition coefficient (Wildman–Crippen LogP) is 4.04. The van der Waals surface area contributed by atoms with Gasteiger partial charge in [-0.2, -0.15) is 0 Å². The topological polar surface area (TPSA) is 80.5 Å². The minimum absolute atomic E-state index is 0.110. The van der Waals surface area contributed by atoms with Crippen molar-refractivity contribution in [2.45, 2.75) is 37.4 Å². The summed E-state index contributed by atoms with van der Waals surface area (Å²) < 4.78 is 5.40. The molecule has 2 unspecified atom stereocenters. The molecule has 1 N–H and O–H groups in total. The maximum Gasteiger partial charge on any atom is 0.289 e. The van der Waals surface area contributed by atoms with Gasteiger partial charge in [-0.1, -0.05) is 23.7 Å². The lowest BCUT2D eigenvalue weighted by Gasteiger charge is -2.29. The Hall–Kier alpha value is -2.38. The fraction of sp³-hybridized carbons (Fsp3) is 0.421. The van der Waals surface area contributed by atoms with Crippen LogP contribution in [0.2, 0.25) is 5.02 Å². The lowest BCUT2D eigenvalue weighted by Crippen LogP contribution is -2.33. The molecule has 27 heavy (non-hydrogen) atoms. The molecule has 0 amide bonds. The molecule has 0 spiro atoms. The second kappa shape index (κ2) is 7.32. The van der Waals surface area contributed by atoms with Crippen molar-refractivity contribution in [3.63, 3.8) is 0 Å². The summed E-state index contributed by atoms with van der Waals surface area (Å²) in [5.74, 6) is 1.32. The van der Waals surface area contributed by atoms with Crippen molar-refractivity contribution in [1.82, 2.24) is 9.88 Å². The van der Waals surface area contributed by atoms with Crippen LogP contribution in [0.25, 0.3) is 0 Å². The van der Waals surface area contributed by atoms with Gasteiger partial charge in [0.2, 0.25) is 0 Å². The van der Waals surface area contributed by atoms with Gasteiger partial charge in [0, 0.05) is 24.7 Å². The third-order valence-electron chi connectivity index (χ3n) is 5.25. The Labute approximate surface area is 162 Å². The molecule has 2 heterocycles. The van der Waals surface area contributed by atoms with Crippen LogP contribution in [0.5, 0.6) is 5.75 Å². The van der Waals surface area contributed by atoms with Gasteiger partial charge in [0.25, 0.3) is 5.69 Å². The van der Waals surface area contributed by atoms with E-state index in [1.807, 2.05) is 12.1 Å². The average Bonchev–Trinajstić information content (AvgIpc) is 3.43. The third kappa shape index (κ3) is 3.70. The number of halogens is 1. The van der Waals surface area contributed by atoms with Gasteiger partial charge in [-0.15, -0.1) is 0 Å². The summed E-state index contributed by atoms with van der Waals surface area (Å²) >= 11 is 6.24. The third-order valence-corrected chi connectivity index (χ3v) is 5.54. The highest BCUT2D eigenvalue weighted by Crippen LogP contribution is 2.43. The summed E-state index contributed by atoms with van der Waals surface area (Å²) in [6, 6.07) is 10.4. The van der Waals surface area contributed by atoms with Crippen molar-refractivity contribution in [2.24, 2.45) is 0 Å². The van der Waals surface area contributed by atoms with Gasteiger partial charge in [-0.3, -0.25) is 15.0 Å². The zero-order valence-corrected chi connectivity index (χ0v) is 15.7. The van der Waals surface area contributed by atoms with E-state index in [2.05, 4.69) is 27.3 Å². The molecule has 1 aliphatic carbocycles. The van der Waals surface area contributed by atoms with Crippen LogP contribution in [0.4, 0.5) is 11.5 Å². The van der Waals surface area contributed by atoms with Gasteiger partial charge in [0.15, 0.2) is 0 Å². The number of nitrogens with one attached hydrogen (secondary N) is 1. The Bertz CT molecular complexity index is 859. The Balaban J connectivity index is 1.61. The maximum atomic E-state index is 10.9. The minimum atomic E-state index is -0.494. The fourth-order valence-electron chi connectivity index (χ4n) is 3.84. The van der Waals surface area contributed by atoms with Crippen LogP contribution in [-0.2, 0) is 0 Å². The molecule has 2 aliphatic rings. The summed E-state index contributed by atoms with van der Waals surface area (Å²) in [7, 11) is 1.67. The zero-order chi connectivity index (χ0) is 19.0. The summed E-state index contributed by atoms with van der Waals surface area (Å²) in [6.07, 6.45) is 4.64. The molecule has 1 aromatic heterocycles. The molecule has 4 rings (SSSR count). The van der Waals surface area contributed by atoms with Crippen molar-refractivity contribution in [1.29, 1.82) is 0 Å². The van der Waals surface area contributed by atoms with E-state index in [-0.39, 0.29) is 22.8 Å². The van der Waals surface area contributed by atoms with E-state index in [1.54, 1.807) is 7.11 Å². The van der Waals surface area contributed by atoms with E-state index in [9.17, 15) is 10.1 Å². The standard InChI is InChI=1S/C19H21ClN4O3/c1-27-15-4-2-3-12(9-15)18-17(7-8-23(18)13-5-6-13)22-19-16(20)10-14(11-21-19)24(25)26/h2-4,9-11,13,17-18H,5-8H2,1H3,(H,21,22). The van der Waals surface area contributed by atoms with Gasteiger partial charge in [0.05, 0.1) is 23.1 Å². The number of anilines is 1. The number of methoxy groups -OCH3 is 1. The minimum Gasteiger partial charge on any atom is -0.497 e. The van der Waals surface area contributed by atoms with Crippen LogP contribution in [0.3, 0.4) is 0 Å². The van der Waals surface area contributed by atoms with Crippen LogP contribution in [0.1, 0.15) is 30.9 Å². The number of rotatable bonds is 6. The highest BCUT2D eigenvalue weighted by atomic mass is 35.5. The summed E-state index contributed by atoms with van der Waals surface area (Å²) in [5.41, 5.74) is 1.08. The molecule has 1 saturated heterocycles. The maximum absolute atomic E-state index is 10.9. The Morgan fingerprint density at radius 1 is 1.33 bits per heavy atom. The van der Waals surface area contributed by atoms with Crippen LogP contribution >= 0.6 is 11.6 Å². The summed E-state index contributed by atoms with van der Waals surface area (Å²) in [5, 5.41) is 14.6. The molecule has 7 nitrogen and oxygen atoms in total. The molecular formula is C19H21ClN4O3.